The first-order valence-corrected chi connectivity index (χ1v) is 10.4. The average molecular weight is 397 g/mol. The maximum Gasteiger partial charge on any atom is 0.134 e. The van der Waals surface area contributed by atoms with Crippen LogP contribution in [0.1, 0.15) is 45.9 Å². The van der Waals surface area contributed by atoms with Crippen LogP contribution in [-0.2, 0) is 11.2 Å². The fourth-order valence-corrected chi connectivity index (χ4v) is 3.80. The molecule has 1 aliphatic rings. The molecule has 0 atom stereocenters. The van der Waals surface area contributed by atoms with Gasteiger partial charge in [-0.3, -0.25) is 9.78 Å². The summed E-state index contributed by atoms with van der Waals surface area (Å²) in [7, 11) is 0. The zero-order chi connectivity index (χ0) is 21.5. The van der Waals surface area contributed by atoms with Crippen LogP contribution in [0.2, 0.25) is 0 Å². The maximum absolute atomic E-state index is 11.4. The minimum Gasteiger partial charge on any atom is -0.300 e. The molecule has 2 heterocycles. The predicted octanol–water partition coefficient (Wildman–Crippen LogP) is 6.43. The molecule has 3 aromatic rings. The normalized spacial score (nSPS) is 17.0. The number of hydrogen-bond donors (Lipinski definition) is 0. The van der Waals surface area contributed by atoms with Crippen molar-refractivity contribution in [2.45, 2.75) is 41.0 Å². The fraction of sp³-hybridized carbons (Fsp3) is 0.296. The topological polar surface area (TPSA) is 42.9 Å². The minimum absolute atomic E-state index is 0.00418. The van der Waals surface area contributed by atoms with E-state index in [2.05, 4.69) is 63.0 Å². The van der Waals surface area contributed by atoms with Gasteiger partial charge < -0.3 is 0 Å². The Bertz CT molecular complexity index is 1180. The van der Waals surface area contributed by atoms with E-state index in [1.165, 1.54) is 0 Å². The number of Topliss-reactive ketones (excluding diaryl/α,β-unsaturated/α-hetero) is 1. The number of aromatic nitrogens is 2. The summed E-state index contributed by atoms with van der Waals surface area (Å²) < 4.78 is 0. The molecule has 0 fully saturated rings. The van der Waals surface area contributed by atoms with Crippen molar-refractivity contribution in [1.29, 1.82) is 0 Å². The van der Waals surface area contributed by atoms with Crippen molar-refractivity contribution < 1.29 is 4.79 Å². The third-order valence-corrected chi connectivity index (χ3v) is 6.42. The molecule has 0 aliphatic heterocycles. The van der Waals surface area contributed by atoms with Crippen LogP contribution in [0.3, 0.4) is 0 Å². The van der Waals surface area contributed by atoms with Gasteiger partial charge in [-0.2, -0.15) is 0 Å². The number of nitrogens with zero attached hydrogens (tertiary/aromatic N) is 2. The third-order valence-electron chi connectivity index (χ3n) is 6.42. The van der Waals surface area contributed by atoms with Crippen LogP contribution in [0.15, 0.2) is 66.9 Å². The Hall–Kier alpha value is -3.07. The van der Waals surface area contributed by atoms with Gasteiger partial charge in [-0.1, -0.05) is 76.3 Å². The zero-order valence-electron chi connectivity index (χ0n) is 18.4. The molecular formula is C27H28N2O. The number of benzene rings is 1. The van der Waals surface area contributed by atoms with Crippen LogP contribution in [-0.4, -0.2) is 15.8 Å². The summed E-state index contributed by atoms with van der Waals surface area (Å²) >= 11 is 0. The van der Waals surface area contributed by atoms with Gasteiger partial charge in [0.15, 0.2) is 0 Å². The first-order valence-electron chi connectivity index (χ1n) is 10.4. The van der Waals surface area contributed by atoms with E-state index < -0.39 is 0 Å². The molecule has 0 radical (unpaired) electrons. The second-order valence-corrected chi connectivity index (χ2v) is 9.38. The van der Waals surface area contributed by atoms with E-state index in [4.69, 9.17) is 4.98 Å². The number of carbonyl (C=O) groups is 1. The minimum atomic E-state index is 0.00418. The van der Waals surface area contributed by atoms with Gasteiger partial charge in [-0.05, 0) is 41.0 Å². The summed E-state index contributed by atoms with van der Waals surface area (Å²) in [6.45, 7) is 10.7. The van der Waals surface area contributed by atoms with Gasteiger partial charge in [0, 0.05) is 23.6 Å². The van der Waals surface area contributed by atoms with Crippen LogP contribution in [0, 0.1) is 10.8 Å². The van der Waals surface area contributed by atoms with E-state index in [1.54, 1.807) is 6.92 Å². The molecule has 3 heteroatoms. The van der Waals surface area contributed by atoms with Crippen LogP contribution >= 0.6 is 0 Å². The van der Waals surface area contributed by atoms with Crippen LogP contribution in [0.25, 0.3) is 27.7 Å². The average Bonchev–Trinajstić information content (AvgIpc) is 2.69. The Balaban J connectivity index is 1.84. The van der Waals surface area contributed by atoms with Crippen molar-refractivity contribution in [2.75, 3.05) is 0 Å². The van der Waals surface area contributed by atoms with Gasteiger partial charge in [-0.25, -0.2) is 4.98 Å². The Morgan fingerprint density at radius 3 is 2.40 bits per heavy atom. The molecule has 30 heavy (non-hydrogen) atoms. The lowest BCUT2D eigenvalue weighted by molar-refractivity contribution is -0.116. The molecule has 152 valence electrons. The van der Waals surface area contributed by atoms with Gasteiger partial charge in [0.2, 0.25) is 0 Å². The molecule has 0 saturated carbocycles. The highest BCUT2D eigenvalue weighted by Crippen LogP contribution is 2.46. The fourth-order valence-electron chi connectivity index (χ4n) is 3.80. The molecule has 0 N–H and O–H groups in total. The quantitative estimate of drug-likeness (QED) is 0.510. The number of rotatable bonds is 4. The predicted molar refractivity (Wildman–Crippen MR) is 124 cm³/mol. The van der Waals surface area contributed by atoms with Crippen molar-refractivity contribution in [3.8, 4) is 11.3 Å². The molecule has 0 spiro atoms. The Kier molecular flexibility index (Phi) is 4.93. The van der Waals surface area contributed by atoms with Crippen molar-refractivity contribution in [2.24, 2.45) is 10.8 Å². The summed E-state index contributed by atoms with van der Waals surface area (Å²) in [5.41, 5.74) is 5.99. The number of pyridine rings is 2. The molecule has 0 unspecified atom stereocenters. The Morgan fingerprint density at radius 2 is 1.73 bits per heavy atom. The van der Waals surface area contributed by atoms with E-state index >= 15 is 0 Å². The summed E-state index contributed by atoms with van der Waals surface area (Å²) in [5.74, 6) is 0.168. The lowest BCUT2D eigenvalue weighted by Gasteiger charge is -2.40. The molecule has 4 rings (SSSR count). The highest BCUT2D eigenvalue weighted by atomic mass is 16.1. The molecule has 2 aromatic heterocycles. The number of carbonyl (C=O) groups excluding carboxylic acids is 1. The van der Waals surface area contributed by atoms with Crippen molar-refractivity contribution in [1.82, 2.24) is 9.97 Å². The highest BCUT2D eigenvalue weighted by molar-refractivity contribution is 5.94. The number of fused-ring (bicyclic) bond motifs is 1. The van der Waals surface area contributed by atoms with E-state index in [0.717, 1.165) is 39.0 Å². The number of hydrogen-bond acceptors (Lipinski definition) is 3. The Labute approximate surface area is 178 Å². The van der Waals surface area contributed by atoms with Crippen LogP contribution in [0.4, 0.5) is 0 Å². The van der Waals surface area contributed by atoms with E-state index in [-0.39, 0.29) is 16.6 Å². The monoisotopic (exact) mass is 396 g/mol. The molecule has 1 aromatic carbocycles. The van der Waals surface area contributed by atoms with Crippen molar-refractivity contribution in [3.05, 3.63) is 78.1 Å². The van der Waals surface area contributed by atoms with Crippen LogP contribution in [0.5, 0.6) is 0 Å². The largest absolute Gasteiger partial charge is 0.300 e. The van der Waals surface area contributed by atoms with Crippen molar-refractivity contribution >= 4 is 22.3 Å². The zero-order valence-corrected chi connectivity index (χ0v) is 18.4. The van der Waals surface area contributed by atoms with Gasteiger partial charge in [0.05, 0.1) is 16.9 Å². The Morgan fingerprint density at radius 1 is 1.00 bits per heavy atom. The first kappa shape index (κ1) is 20.2. The number of ketones is 1. The summed E-state index contributed by atoms with van der Waals surface area (Å²) in [6.07, 6.45) is 9.07. The molecular weight excluding hydrogens is 368 g/mol. The van der Waals surface area contributed by atoms with Crippen molar-refractivity contribution in [3.63, 3.8) is 0 Å². The number of allylic oxidation sites excluding steroid dienone is 4. The van der Waals surface area contributed by atoms with E-state index in [9.17, 15) is 4.79 Å². The molecule has 0 saturated heterocycles. The summed E-state index contributed by atoms with van der Waals surface area (Å²) in [6, 6.07) is 14.3. The van der Waals surface area contributed by atoms with Gasteiger partial charge >= 0.3 is 0 Å². The second kappa shape index (κ2) is 7.32. The van der Waals surface area contributed by atoms with Gasteiger partial charge in [-0.15, -0.1) is 0 Å². The lowest BCUT2D eigenvalue weighted by atomic mass is 9.64. The summed E-state index contributed by atoms with van der Waals surface area (Å²) in [4.78, 5) is 21.1. The van der Waals surface area contributed by atoms with Gasteiger partial charge in [0.1, 0.15) is 5.78 Å². The van der Waals surface area contributed by atoms with Crippen LogP contribution < -0.4 is 0 Å². The van der Waals surface area contributed by atoms with E-state index in [1.807, 2.05) is 36.5 Å². The first-order chi connectivity index (χ1) is 14.2. The molecule has 3 nitrogen and oxygen atoms in total. The highest BCUT2D eigenvalue weighted by Gasteiger charge is 2.36. The van der Waals surface area contributed by atoms with E-state index in [0.29, 0.717) is 6.42 Å². The second-order valence-electron chi connectivity index (χ2n) is 9.38. The molecule has 1 aliphatic carbocycles. The maximum atomic E-state index is 11.4. The summed E-state index contributed by atoms with van der Waals surface area (Å²) in [5, 5.41) is 1.07. The molecule has 0 amide bonds. The lowest BCUT2D eigenvalue weighted by Crippen LogP contribution is -2.30. The smallest absolute Gasteiger partial charge is 0.134 e. The standard InChI is InChI=1S/C27H28N2O/c1-18(30)15-19-8-10-20(11-9-19)23-16-21-7-6-14-28-24(21)25(29-23)22-12-13-26(2,3)27(4,5)17-22/h6-14,16-17H,15H2,1-5H3. The van der Waals surface area contributed by atoms with Gasteiger partial charge in [0.25, 0.3) is 0 Å². The SMILES string of the molecule is CC(=O)Cc1ccc(-c2cc3cccnc3c(C3=CC(C)(C)C(C)(C)C=C3)n2)cc1. The molecule has 0 bridgehead atoms. The third kappa shape index (κ3) is 3.72.